The van der Waals surface area contributed by atoms with Crippen LogP contribution in [0.15, 0.2) is 41.5 Å². The molecule has 1 N–H and O–H groups in total. The molecule has 7 heteroatoms. The summed E-state index contributed by atoms with van der Waals surface area (Å²) in [5.41, 5.74) is 7.47. The molecule has 2 heterocycles. The lowest BCUT2D eigenvalue weighted by molar-refractivity contribution is -0.121. The number of carbonyl (C=O) groups is 1. The van der Waals surface area contributed by atoms with Crippen molar-refractivity contribution < 1.29 is 4.79 Å². The van der Waals surface area contributed by atoms with Gasteiger partial charge in [-0.15, -0.1) is 11.3 Å². The zero-order valence-electron chi connectivity index (χ0n) is 17.2. The van der Waals surface area contributed by atoms with Crippen molar-refractivity contribution in [3.63, 3.8) is 0 Å². The number of hydrogen-bond donors (Lipinski definition) is 1. The van der Waals surface area contributed by atoms with E-state index in [-0.39, 0.29) is 0 Å². The number of rotatable bonds is 5. The highest BCUT2D eigenvalue weighted by Gasteiger charge is 2.20. The van der Waals surface area contributed by atoms with Crippen LogP contribution in [0.1, 0.15) is 44.4 Å². The molecule has 0 aliphatic heterocycles. The van der Waals surface area contributed by atoms with Crippen LogP contribution in [0.2, 0.25) is 0 Å². The van der Waals surface area contributed by atoms with Gasteiger partial charge in [-0.05, 0) is 44.9 Å². The highest BCUT2D eigenvalue weighted by atomic mass is 32.1. The first-order chi connectivity index (χ1) is 14.4. The molecule has 0 bridgehead atoms. The predicted molar refractivity (Wildman–Crippen MR) is 118 cm³/mol. The van der Waals surface area contributed by atoms with Crippen LogP contribution in [0.25, 0.3) is 5.00 Å². The predicted octanol–water partition coefficient (Wildman–Crippen LogP) is 4.40. The second kappa shape index (κ2) is 8.77. The summed E-state index contributed by atoms with van der Waals surface area (Å²) in [4.78, 5) is 13.5. The van der Waals surface area contributed by atoms with Crippen molar-refractivity contribution in [1.29, 1.82) is 10.5 Å². The van der Waals surface area contributed by atoms with Gasteiger partial charge in [0.05, 0.1) is 17.8 Å². The minimum Gasteiger partial charge on any atom is -0.308 e. The van der Waals surface area contributed by atoms with Crippen molar-refractivity contribution in [1.82, 2.24) is 9.99 Å². The first-order valence-electron chi connectivity index (χ1n) is 9.35. The normalized spacial score (nSPS) is 11.8. The molecule has 0 fully saturated rings. The molecular formula is C23H21N5OS. The molecule has 0 spiro atoms. The highest BCUT2D eigenvalue weighted by Crippen LogP contribution is 2.33. The van der Waals surface area contributed by atoms with Gasteiger partial charge in [-0.25, -0.2) is 5.43 Å². The van der Waals surface area contributed by atoms with E-state index in [2.05, 4.69) is 16.6 Å². The number of nitrogens with zero attached hydrogens (tertiary/aromatic N) is 4. The van der Waals surface area contributed by atoms with Gasteiger partial charge >= 0.3 is 0 Å². The number of carbonyl (C=O) groups excluding carboxylic acids is 1. The number of nitriles is 2. The van der Waals surface area contributed by atoms with Crippen LogP contribution >= 0.6 is 11.3 Å². The molecule has 1 amide bonds. The van der Waals surface area contributed by atoms with Gasteiger partial charge in [0.2, 0.25) is 0 Å². The van der Waals surface area contributed by atoms with E-state index >= 15 is 0 Å². The number of hydrazone groups is 1. The Morgan fingerprint density at radius 1 is 1.20 bits per heavy atom. The first-order valence-corrected chi connectivity index (χ1v) is 10.2. The third-order valence-electron chi connectivity index (χ3n) is 5.05. The molecule has 1 aromatic carbocycles. The Morgan fingerprint density at radius 3 is 2.53 bits per heavy atom. The molecule has 6 nitrogen and oxygen atoms in total. The van der Waals surface area contributed by atoms with Crippen LogP contribution in [0, 0.1) is 50.4 Å². The van der Waals surface area contributed by atoms with Crippen LogP contribution < -0.4 is 5.43 Å². The topological polar surface area (TPSA) is 94.0 Å². The summed E-state index contributed by atoms with van der Waals surface area (Å²) in [7, 11) is 0. The molecule has 0 saturated heterocycles. The maximum absolute atomic E-state index is 12.4. The minimum absolute atomic E-state index is 0.481. The molecule has 0 unspecified atom stereocenters. The Labute approximate surface area is 179 Å². The second-order valence-corrected chi connectivity index (χ2v) is 8.15. The number of thiophene rings is 1. The average molecular weight is 416 g/mol. The minimum atomic E-state index is -0.925. The van der Waals surface area contributed by atoms with Crippen LogP contribution in [0.3, 0.4) is 0 Å². The standard InChI is InChI=1S/C23H21N5OS/c1-14-10-19(16(3)28(14)23-20(11-24)15(2)17(4)30-23)13-26-27-22(29)21(12-25)18-8-6-5-7-9-18/h5-10,13,21H,1-4H3,(H,27,29)/b26-13-/t21-/m0/s1. The maximum Gasteiger partial charge on any atom is 0.261 e. The van der Waals surface area contributed by atoms with E-state index in [4.69, 9.17) is 0 Å². The van der Waals surface area contributed by atoms with Crippen LogP contribution in [0.5, 0.6) is 0 Å². The summed E-state index contributed by atoms with van der Waals surface area (Å²) in [6, 6.07) is 15.2. The lowest BCUT2D eigenvalue weighted by atomic mass is 10.0. The van der Waals surface area contributed by atoms with E-state index < -0.39 is 11.8 Å². The third-order valence-corrected chi connectivity index (χ3v) is 6.25. The Balaban J connectivity index is 1.84. The van der Waals surface area contributed by atoms with Gasteiger partial charge in [-0.1, -0.05) is 30.3 Å². The summed E-state index contributed by atoms with van der Waals surface area (Å²) < 4.78 is 2.04. The van der Waals surface area contributed by atoms with E-state index in [0.29, 0.717) is 11.1 Å². The summed E-state index contributed by atoms with van der Waals surface area (Å²) >= 11 is 1.58. The fraction of sp³-hybridized carbons (Fsp3) is 0.217. The SMILES string of the molecule is Cc1sc(-n2c(C)cc(/C=N\NC(=O)[C@@H](C#N)c3ccccc3)c2C)c(C#N)c1C. The number of benzene rings is 1. The number of amides is 1. The van der Waals surface area contributed by atoms with Crippen molar-refractivity contribution in [2.24, 2.45) is 5.10 Å². The largest absolute Gasteiger partial charge is 0.308 e. The van der Waals surface area contributed by atoms with Gasteiger partial charge in [0.15, 0.2) is 5.92 Å². The Bertz CT molecular complexity index is 1210. The molecule has 150 valence electrons. The van der Waals surface area contributed by atoms with Crippen molar-refractivity contribution in [3.05, 3.63) is 74.9 Å². The Hall–Kier alpha value is -3.68. The summed E-state index contributed by atoms with van der Waals surface area (Å²) in [5, 5.41) is 23.9. The zero-order valence-corrected chi connectivity index (χ0v) is 18.0. The molecule has 0 saturated carbocycles. The molecular weight excluding hydrogens is 394 g/mol. The van der Waals surface area contributed by atoms with Gasteiger partial charge in [0.1, 0.15) is 11.1 Å². The molecule has 0 aliphatic rings. The summed E-state index contributed by atoms with van der Waals surface area (Å²) in [6.07, 6.45) is 1.57. The van der Waals surface area contributed by atoms with Crippen LogP contribution in [-0.2, 0) is 4.79 Å². The Kier molecular flexibility index (Phi) is 6.15. The number of aromatic nitrogens is 1. The number of aryl methyl sites for hydroxylation is 2. The second-order valence-electron chi connectivity index (χ2n) is 6.94. The lowest BCUT2D eigenvalue weighted by Gasteiger charge is -2.08. The monoisotopic (exact) mass is 415 g/mol. The number of hydrogen-bond acceptors (Lipinski definition) is 5. The fourth-order valence-corrected chi connectivity index (χ4v) is 4.51. The number of nitrogens with one attached hydrogen (secondary N) is 1. The molecule has 0 radical (unpaired) electrons. The lowest BCUT2D eigenvalue weighted by Crippen LogP contribution is -2.24. The van der Waals surface area contributed by atoms with Crippen molar-refractivity contribution in [3.8, 4) is 17.1 Å². The highest BCUT2D eigenvalue weighted by molar-refractivity contribution is 7.14. The smallest absolute Gasteiger partial charge is 0.261 e. The summed E-state index contributed by atoms with van der Waals surface area (Å²) in [6.45, 7) is 7.88. The first kappa shape index (κ1) is 21.0. The van der Waals surface area contributed by atoms with Gasteiger partial charge < -0.3 is 4.57 Å². The molecule has 30 heavy (non-hydrogen) atoms. The van der Waals surface area contributed by atoms with Crippen molar-refractivity contribution in [2.75, 3.05) is 0 Å². The van der Waals surface area contributed by atoms with E-state index in [0.717, 1.165) is 32.4 Å². The molecule has 3 rings (SSSR count). The molecule has 0 aliphatic carbocycles. The van der Waals surface area contributed by atoms with E-state index in [1.807, 2.05) is 50.5 Å². The quantitative estimate of drug-likeness (QED) is 0.494. The Morgan fingerprint density at radius 2 is 1.90 bits per heavy atom. The van der Waals surface area contributed by atoms with Crippen LogP contribution in [-0.4, -0.2) is 16.7 Å². The van der Waals surface area contributed by atoms with E-state index in [1.165, 1.54) is 0 Å². The average Bonchev–Trinajstić information content (AvgIpc) is 3.17. The van der Waals surface area contributed by atoms with Gasteiger partial charge in [0, 0.05) is 21.8 Å². The fourth-order valence-electron chi connectivity index (χ4n) is 3.29. The van der Waals surface area contributed by atoms with Gasteiger partial charge in [-0.3, -0.25) is 4.79 Å². The maximum atomic E-state index is 12.4. The van der Waals surface area contributed by atoms with Crippen molar-refractivity contribution in [2.45, 2.75) is 33.6 Å². The van der Waals surface area contributed by atoms with Gasteiger partial charge in [-0.2, -0.15) is 15.6 Å². The summed E-state index contributed by atoms with van der Waals surface area (Å²) in [5.74, 6) is -1.41. The van der Waals surface area contributed by atoms with Crippen LogP contribution in [0.4, 0.5) is 0 Å². The van der Waals surface area contributed by atoms with Crippen molar-refractivity contribution >= 4 is 23.5 Å². The van der Waals surface area contributed by atoms with Gasteiger partial charge in [0.25, 0.3) is 5.91 Å². The van der Waals surface area contributed by atoms with E-state index in [9.17, 15) is 15.3 Å². The zero-order chi connectivity index (χ0) is 21.8. The third kappa shape index (κ3) is 3.89. The van der Waals surface area contributed by atoms with E-state index in [1.54, 1.807) is 41.8 Å². The molecule has 3 aromatic rings. The molecule has 2 aromatic heterocycles. The molecule has 1 atom stereocenters.